The van der Waals surface area contributed by atoms with E-state index in [-0.39, 0.29) is 0 Å². The fourth-order valence-corrected chi connectivity index (χ4v) is 0.677. The molecule has 0 radical (unpaired) electrons. The highest BCUT2D eigenvalue weighted by molar-refractivity contribution is 7.85. The lowest BCUT2D eigenvalue weighted by atomic mass is 10.2. The van der Waals surface area contributed by atoms with Crippen LogP contribution in [-0.4, -0.2) is 41.4 Å². The topological polar surface area (TPSA) is 129 Å². The zero-order valence-electron chi connectivity index (χ0n) is 10.9. The third-order valence-corrected chi connectivity index (χ3v) is 1.31. The van der Waals surface area contributed by atoms with Crippen molar-refractivity contribution in [2.45, 2.75) is 6.92 Å². The fraction of sp³-hybridized carbons (Fsp3) is 0.167. The number of carboxylic acids is 2. The first-order valence-electron chi connectivity index (χ1n) is 5.10. The van der Waals surface area contributed by atoms with Gasteiger partial charge in [-0.25, -0.2) is 9.59 Å². The Hall–Kier alpha value is -2.19. The van der Waals surface area contributed by atoms with Crippen LogP contribution < -0.4 is 0 Å². The molecule has 0 heterocycles. The van der Waals surface area contributed by atoms with E-state index in [0.29, 0.717) is 18.4 Å². The lowest BCUT2D eigenvalue weighted by Crippen LogP contribution is -1.91. The number of hydrogen-bond donors (Lipinski definition) is 3. The van der Waals surface area contributed by atoms with Gasteiger partial charge in [0, 0.05) is 12.2 Å². The summed E-state index contributed by atoms with van der Waals surface area (Å²) in [6, 6.07) is 10.3. The van der Waals surface area contributed by atoms with Crippen molar-refractivity contribution in [1.82, 2.24) is 0 Å². The number of aryl methyl sites for hydroxylation is 1. The van der Waals surface area contributed by atoms with Gasteiger partial charge in [0.15, 0.2) is 0 Å². The van der Waals surface area contributed by atoms with Crippen molar-refractivity contribution in [3.8, 4) is 0 Å². The minimum atomic E-state index is -3.67. The zero-order valence-corrected chi connectivity index (χ0v) is 11.7. The van der Waals surface area contributed by atoms with Crippen molar-refractivity contribution in [1.29, 1.82) is 0 Å². The summed E-state index contributed by atoms with van der Waals surface area (Å²) in [4.78, 5) is 19.1. The standard InChI is InChI=1S/C7H8.C4H4O4.CH4O3S/c1-7-5-3-2-4-6-7;5-3(6)1-2-4(7)8;1-5(2,3)4/h2-6H,1H3;1-2H,(H,5,6)(H,7,8);1H3,(H,2,3,4). The fourth-order valence-electron chi connectivity index (χ4n) is 0.677. The SMILES string of the molecule is CS(=O)(=O)O.Cc1ccccc1.O=C(O)C=CC(=O)O. The molecule has 0 fully saturated rings. The summed E-state index contributed by atoms with van der Waals surface area (Å²) in [5.41, 5.74) is 1.32. The molecular formula is C12H16O7S. The van der Waals surface area contributed by atoms with Gasteiger partial charge in [-0.2, -0.15) is 8.42 Å². The summed E-state index contributed by atoms with van der Waals surface area (Å²) < 4.78 is 25.9. The minimum absolute atomic E-state index is 0.558. The van der Waals surface area contributed by atoms with E-state index in [1.165, 1.54) is 5.56 Å². The van der Waals surface area contributed by atoms with Crippen LogP contribution in [0.2, 0.25) is 0 Å². The predicted octanol–water partition coefficient (Wildman–Crippen LogP) is 1.21. The number of carboxylic acid groups (broad SMARTS) is 2. The molecule has 0 bridgehead atoms. The van der Waals surface area contributed by atoms with Crippen LogP contribution >= 0.6 is 0 Å². The third-order valence-electron chi connectivity index (χ3n) is 1.31. The number of aliphatic carboxylic acids is 2. The van der Waals surface area contributed by atoms with E-state index in [1.54, 1.807) is 0 Å². The lowest BCUT2D eigenvalue weighted by molar-refractivity contribution is -0.134. The molecule has 0 saturated heterocycles. The van der Waals surface area contributed by atoms with Gasteiger partial charge in [0.05, 0.1) is 6.26 Å². The molecule has 0 aromatic heterocycles. The zero-order chi connectivity index (χ0) is 16.2. The molecule has 0 unspecified atom stereocenters. The van der Waals surface area contributed by atoms with Crippen molar-refractivity contribution in [3.05, 3.63) is 48.0 Å². The second-order valence-electron chi connectivity index (χ2n) is 3.40. The maximum absolute atomic E-state index is 9.55. The van der Waals surface area contributed by atoms with Crippen molar-refractivity contribution in [2.24, 2.45) is 0 Å². The molecule has 7 nitrogen and oxygen atoms in total. The molecular weight excluding hydrogens is 288 g/mol. The summed E-state index contributed by atoms with van der Waals surface area (Å²) in [5.74, 6) is -2.51. The summed E-state index contributed by atoms with van der Waals surface area (Å²) in [6.07, 6.45) is 1.83. The second-order valence-corrected chi connectivity index (χ2v) is 4.86. The van der Waals surface area contributed by atoms with Gasteiger partial charge in [-0.3, -0.25) is 4.55 Å². The van der Waals surface area contributed by atoms with Gasteiger partial charge >= 0.3 is 11.9 Å². The van der Waals surface area contributed by atoms with E-state index in [1.807, 2.05) is 18.2 Å². The van der Waals surface area contributed by atoms with Gasteiger partial charge in [0.1, 0.15) is 0 Å². The molecule has 0 aliphatic carbocycles. The van der Waals surface area contributed by atoms with E-state index in [0.717, 1.165) is 0 Å². The molecule has 112 valence electrons. The number of benzene rings is 1. The quantitative estimate of drug-likeness (QED) is 0.553. The maximum Gasteiger partial charge on any atom is 0.328 e. The molecule has 1 aromatic rings. The highest BCUT2D eigenvalue weighted by atomic mass is 32.2. The summed E-state index contributed by atoms with van der Waals surface area (Å²) in [7, 11) is -3.67. The molecule has 0 atom stereocenters. The van der Waals surface area contributed by atoms with Gasteiger partial charge < -0.3 is 10.2 Å². The van der Waals surface area contributed by atoms with E-state index < -0.39 is 22.1 Å². The highest BCUT2D eigenvalue weighted by Crippen LogP contribution is 1.92. The van der Waals surface area contributed by atoms with Gasteiger partial charge in [0.25, 0.3) is 10.1 Å². The van der Waals surface area contributed by atoms with Crippen LogP contribution in [0.1, 0.15) is 5.56 Å². The predicted molar refractivity (Wildman–Crippen MR) is 73.1 cm³/mol. The Kier molecular flexibility index (Phi) is 10.8. The number of hydrogen-bond acceptors (Lipinski definition) is 4. The highest BCUT2D eigenvalue weighted by Gasteiger charge is 1.88. The first-order chi connectivity index (χ1) is 9.02. The Bertz CT molecular complexity index is 508. The second kappa shape index (κ2) is 10.7. The normalized spacial score (nSPS) is 9.75. The van der Waals surface area contributed by atoms with Crippen LogP contribution in [-0.2, 0) is 19.7 Å². The molecule has 0 spiro atoms. The molecule has 20 heavy (non-hydrogen) atoms. The molecule has 3 N–H and O–H groups in total. The van der Waals surface area contributed by atoms with Crippen molar-refractivity contribution in [3.63, 3.8) is 0 Å². The van der Waals surface area contributed by atoms with Crippen LogP contribution in [0.15, 0.2) is 42.5 Å². The van der Waals surface area contributed by atoms with Crippen LogP contribution in [0.25, 0.3) is 0 Å². The molecule has 0 aliphatic heterocycles. The maximum atomic E-state index is 9.55. The van der Waals surface area contributed by atoms with E-state index in [4.69, 9.17) is 14.8 Å². The Morgan fingerprint density at radius 3 is 1.45 bits per heavy atom. The largest absolute Gasteiger partial charge is 0.478 e. The first-order valence-corrected chi connectivity index (χ1v) is 6.95. The van der Waals surface area contributed by atoms with E-state index in [2.05, 4.69) is 19.1 Å². The van der Waals surface area contributed by atoms with Gasteiger partial charge in [-0.1, -0.05) is 35.9 Å². The Morgan fingerprint density at radius 1 is 1.00 bits per heavy atom. The smallest absolute Gasteiger partial charge is 0.328 e. The minimum Gasteiger partial charge on any atom is -0.478 e. The van der Waals surface area contributed by atoms with Gasteiger partial charge in [0.2, 0.25) is 0 Å². The molecule has 8 heteroatoms. The lowest BCUT2D eigenvalue weighted by Gasteiger charge is -1.82. The van der Waals surface area contributed by atoms with Crippen LogP contribution in [0, 0.1) is 6.92 Å². The Morgan fingerprint density at radius 2 is 1.30 bits per heavy atom. The molecule has 1 rings (SSSR count). The Balaban J connectivity index is 0. The third kappa shape index (κ3) is 29.7. The molecule has 0 amide bonds. The summed E-state index contributed by atoms with van der Waals surface area (Å²) in [5, 5.41) is 15.6. The average molecular weight is 304 g/mol. The van der Waals surface area contributed by atoms with E-state index in [9.17, 15) is 18.0 Å². The van der Waals surface area contributed by atoms with Crippen molar-refractivity contribution >= 4 is 22.1 Å². The van der Waals surface area contributed by atoms with Crippen LogP contribution in [0.5, 0.6) is 0 Å². The Labute approximate surface area is 116 Å². The monoisotopic (exact) mass is 304 g/mol. The number of rotatable bonds is 2. The average Bonchev–Trinajstić information content (AvgIpc) is 2.26. The van der Waals surface area contributed by atoms with Gasteiger partial charge in [-0.05, 0) is 6.92 Å². The molecule has 1 aromatic carbocycles. The molecule has 0 aliphatic rings. The first kappa shape index (κ1) is 20.1. The van der Waals surface area contributed by atoms with Crippen molar-refractivity contribution in [2.75, 3.05) is 6.26 Å². The van der Waals surface area contributed by atoms with Crippen molar-refractivity contribution < 1.29 is 32.8 Å². The van der Waals surface area contributed by atoms with Gasteiger partial charge in [-0.15, -0.1) is 0 Å². The molecule has 0 saturated carbocycles. The van der Waals surface area contributed by atoms with Crippen LogP contribution in [0.4, 0.5) is 0 Å². The van der Waals surface area contributed by atoms with E-state index >= 15 is 0 Å². The summed E-state index contributed by atoms with van der Waals surface area (Å²) in [6.45, 7) is 2.08. The summed E-state index contributed by atoms with van der Waals surface area (Å²) >= 11 is 0. The van der Waals surface area contributed by atoms with Crippen LogP contribution in [0.3, 0.4) is 0 Å². The number of carbonyl (C=O) groups is 2.